The van der Waals surface area contributed by atoms with Crippen molar-refractivity contribution in [3.8, 4) is 17.0 Å². The molecule has 0 saturated heterocycles. The maximum atomic E-state index is 13.7. The Kier molecular flexibility index (Phi) is 2.99. The first kappa shape index (κ1) is 11.4. The summed E-state index contributed by atoms with van der Waals surface area (Å²) in [4.78, 5) is 0. The van der Waals surface area contributed by atoms with Gasteiger partial charge in [0, 0.05) is 11.6 Å². The minimum atomic E-state index is -0.433. The van der Waals surface area contributed by atoms with E-state index in [2.05, 4.69) is 5.16 Å². The van der Waals surface area contributed by atoms with Crippen molar-refractivity contribution in [2.24, 2.45) is 0 Å². The normalized spacial score (nSPS) is 10.8. The first-order chi connectivity index (χ1) is 8.06. The van der Waals surface area contributed by atoms with Gasteiger partial charge in [0.1, 0.15) is 5.69 Å². The van der Waals surface area contributed by atoms with E-state index in [-0.39, 0.29) is 17.7 Å². The molecule has 0 aliphatic heterocycles. The summed E-state index contributed by atoms with van der Waals surface area (Å²) in [6.45, 7) is 3.68. The van der Waals surface area contributed by atoms with Crippen molar-refractivity contribution in [3.63, 3.8) is 0 Å². The molecule has 0 spiro atoms. The number of benzene rings is 1. The number of nitrogens with zero attached hydrogens (tertiary/aromatic N) is 1. The third kappa shape index (κ3) is 2.55. The van der Waals surface area contributed by atoms with Crippen molar-refractivity contribution in [1.82, 2.24) is 5.16 Å². The maximum absolute atomic E-state index is 13.7. The summed E-state index contributed by atoms with van der Waals surface area (Å²) in [5.41, 5.74) is 6.50. The highest BCUT2D eigenvalue weighted by molar-refractivity contribution is 5.62. The molecule has 0 aliphatic rings. The number of ether oxygens (including phenoxy) is 1. The van der Waals surface area contributed by atoms with E-state index in [0.29, 0.717) is 11.3 Å². The molecular weight excluding hydrogens is 223 g/mol. The highest BCUT2D eigenvalue weighted by atomic mass is 19.1. The van der Waals surface area contributed by atoms with Gasteiger partial charge in [0.05, 0.1) is 6.10 Å². The standard InChI is InChI=1S/C12H13FN2O2/c1-7(2)16-11-4-3-8(5-9(11)13)10-6-12(14)17-15-10/h3-7H,14H2,1-2H3. The second-order valence-corrected chi connectivity index (χ2v) is 3.93. The van der Waals surface area contributed by atoms with Gasteiger partial charge in [0.15, 0.2) is 11.6 Å². The zero-order chi connectivity index (χ0) is 12.4. The number of hydrogen-bond acceptors (Lipinski definition) is 4. The molecule has 17 heavy (non-hydrogen) atoms. The van der Waals surface area contributed by atoms with E-state index < -0.39 is 5.82 Å². The van der Waals surface area contributed by atoms with Gasteiger partial charge < -0.3 is 15.0 Å². The molecule has 0 atom stereocenters. The van der Waals surface area contributed by atoms with Crippen LogP contribution in [0.15, 0.2) is 28.8 Å². The fraction of sp³-hybridized carbons (Fsp3) is 0.250. The van der Waals surface area contributed by atoms with Gasteiger partial charge in [0.25, 0.3) is 0 Å². The molecule has 4 nitrogen and oxygen atoms in total. The SMILES string of the molecule is CC(C)Oc1ccc(-c2cc(N)on2)cc1F. The highest BCUT2D eigenvalue weighted by Crippen LogP contribution is 2.26. The molecule has 2 aromatic rings. The van der Waals surface area contributed by atoms with E-state index >= 15 is 0 Å². The topological polar surface area (TPSA) is 61.3 Å². The number of anilines is 1. The molecule has 1 aromatic carbocycles. The van der Waals surface area contributed by atoms with Crippen LogP contribution < -0.4 is 10.5 Å². The first-order valence-electron chi connectivity index (χ1n) is 5.25. The van der Waals surface area contributed by atoms with Gasteiger partial charge in [-0.3, -0.25) is 0 Å². The molecule has 0 unspecified atom stereocenters. The van der Waals surface area contributed by atoms with Crippen molar-refractivity contribution >= 4 is 5.88 Å². The average Bonchev–Trinajstić information content (AvgIpc) is 2.67. The Morgan fingerprint density at radius 3 is 2.65 bits per heavy atom. The Morgan fingerprint density at radius 1 is 1.35 bits per heavy atom. The summed E-state index contributed by atoms with van der Waals surface area (Å²) in [6, 6.07) is 6.15. The van der Waals surface area contributed by atoms with E-state index in [9.17, 15) is 4.39 Å². The molecule has 90 valence electrons. The van der Waals surface area contributed by atoms with Crippen molar-refractivity contribution in [1.29, 1.82) is 0 Å². The summed E-state index contributed by atoms with van der Waals surface area (Å²) >= 11 is 0. The van der Waals surface area contributed by atoms with Crippen molar-refractivity contribution in [3.05, 3.63) is 30.1 Å². The van der Waals surface area contributed by atoms with Crippen LogP contribution in [-0.4, -0.2) is 11.3 Å². The third-order valence-electron chi connectivity index (χ3n) is 2.12. The van der Waals surface area contributed by atoms with Gasteiger partial charge >= 0.3 is 0 Å². The van der Waals surface area contributed by atoms with Gasteiger partial charge in [-0.15, -0.1) is 0 Å². The van der Waals surface area contributed by atoms with E-state index in [1.807, 2.05) is 13.8 Å². The quantitative estimate of drug-likeness (QED) is 0.890. The second-order valence-electron chi connectivity index (χ2n) is 3.93. The number of halogens is 1. The van der Waals surface area contributed by atoms with Crippen molar-refractivity contribution < 1.29 is 13.7 Å². The molecular formula is C12H13FN2O2. The molecule has 1 heterocycles. The lowest BCUT2D eigenvalue weighted by atomic mass is 10.1. The van der Waals surface area contributed by atoms with Crippen LogP contribution in [0.1, 0.15) is 13.8 Å². The van der Waals surface area contributed by atoms with Crippen molar-refractivity contribution in [2.75, 3.05) is 5.73 Å². The van der Waals surface area contributed by atoms with Crippen LogP contribution in [0.2, 0.25) is 0 Å². The molecule has 0 bridgehead atoms. The van der Waals surface area contributed by atoms with Crippen LogP contribution >= 0.6 is 0 Å². The summed E-state index contributed by atoms with van der Waals surface area (Å²) in [5.74, 6) is -0.0131. The minimum absolute atomic E-state index is 0.0713. The smallest absolute Gasteiger partial charge is 0.222 e. The van der Waals surface area contributed by atoms with Gasteiger partial charge in [0.2, 0.25) is 5.88 Å². The third-order valence-corrected chi connectivity index (χ3v) is 2.12. The number of nitrogen functional groups attached to an aromatic ring is 1. The van der Waals surface area contributed by atoms with Crippen LogP contribution in [0.5, 0.6) is 5.75 Å². The zero-order valence-corrected chi connectivity index (χ0v) is 9.61. The molecule has 0 radical (unpaired) electrons. The fourth-order valence-electron chi connectivity index (χ4n) is 1.44. The minimum Gasteiger partial charge on any atom is -0.488 e. The first-order valence-corrected chi connectivity index (χ1v) is 5.25. The van der Waals surface area contributed by atoms with Crippen LogP contribution in [0.4, 0.5) is 10.3 Å². The summed E-state index contributed by atoms with van der Waals surface area (Å²) < 4.78 is 23.7. The Labute approximate surface area is 98.2 Å². The molecule has 0 aliphatic carbocycles. The van der Waals surface area contributed by atoms with Gasteiger partial charge in [-0.1, -0.05) is 5.16 Å². The molecule has 2 N–H and O–H groups in total. The lowest BCUT2D eigenvalue weighted by Gasteiger charge is -2.10. The van der Waals surface area contributed by atoms with E-state index in [1.54, 1.807) is 12.1 Å². The van der Waals surface area contributed by atoms with Crippen LogP contribution in [0, 0.1) is 5.82 Å². The van der Waals surface area contributed by atoms with Crippen LogP contribution in [-0.2, 0) is 0 Å². The number of nitrogens with two attached hydrogens (primary N) is 1. The van der Waals surface area contributed by atoms with Gasteiger partial charge in [-0.2, -0.15) is 0 Å². The summed E-state index contributed by atoms with van der Waals surface area (Å²) in [5, 5.41) is 3.71. The number of aromatic nitrogens is 1. The van der Waals surface area contributed by atoms with Gasteiger partial charge in [-0.25, -0.2) is 4.39 Å². The number of hydrogen-bond donors (Lipinski definition) is 1. The Balaban J connectivity index is 2.30. The lowest BCUT2D eigenvalue weighted by Crippen LogP contribution is -2.06. The predicted molar refractivity (Wildman–Crippen MR) is 62.1 cm³/mol. The monoisotopic (exact) mass is 236 g/mol. The Morgan fingerprint density at radius 2 is 2.12 bits per heavy atom. The predicted octanol–water partition coefficient (Wildman–Crippen LogP) is 2.85. The zero-order valence-electron chi connectivity index (χ0n) is 9.61. The Bertz CT molecular complexity index is 523. The van der Waals surface area contributed by atoms with E-state index in [1.165, 1.54) is 12.1 Å². The lowest BCUT2D eigenvalue weighted by molar-refractivity contribution is 0.231. The highest BCUT2D eigenvalue weighted by Gasteiger charge is 2.10. The maximum Gasteiger partial charge on any atom is 0.222 e. The molecule has 2 rings (SSSR count). The van der Waals surface area contributed by atoms with E-state index in [0.717, 1.165) is 0 Å². The Hall–Kier alpha value is -2.04. The molecule has 5 heteroatoms. The number of rotatable bonds is 3. The fourth-order valence-corrected chi connectivity index (χ4v) is 1.44. The molecule has 0 amide bonds. The van der Waals surface area contributed by atoms with Crippen LogP contribution in [0.3, 0.4) is 0 Å². The molecule has 1 aromatic heterocycles. The van der Waals surface area contributed by atoms with Crippen molar-refractivity contribution in [2.45, 2.75) is 20.0 Å². The van der Waals surface area contributed by atoms with Gasteiger partial charge in [-0.05, 0) is 32.0 Å². The second kappa shape index (κ2) is 4.45. The summed E-state index contributed by atoms with van der Waals surface area (Å²) in [7, 11) is 0. The molecule has 0 fully saturated rings. The van der Waals surface area contributed by atoms with E-state index in [4.69, 9.17) is 15.0 Å². The summed E-state index contributed by atoms with van der Waals surface area (Å²) in [6.07, 6.45) is -0.0713. The largest absolute Gasteiger partial charge is 0.488 e. The molecule has 0 saturated carbocycles. The average molecular weight is 236 g/mol. The van der Waals surface area contributed by atoms with Crippen LogP contribution in [0.25, 0.3) is 11.3 Å².